The van der Waals surface area contributed by atoms with Gasteiger partial charge in [-0.05, 0) is 31.2 Å². The van der Waals surface area contributed by atoms with Gasteiger partial charge >= 0.3 is 5.97 Å². The van der Waals surface area contributed by atoms with E-state index >= 15 is 0 Å². The first-order valence-electron chi connectivity index (χ1n) is 9.29. The first-order valence-corrected chi connectivity index (χ1v) is 9.29. The summed E-state index contributed by atoms with van der Waals surface area (Å²) in [4.78, 5) is 38.7. The number of benzene rings is 2. The van der Waals surface area contributed by atoms with E-state index in [4.69, 9.17) is 14.2 Å². The van der Waals surface area contributed by atoms with E-state index in [1.54, 1.807) is 55.5 Å². The Kier molecular flexibility index (Phi) is 5.07. The third-order valence-electron chi connectivity index (χ3n) is 4.74. The highest BCUT2D eigenvalue weighted by molar-refractivity contribution is 6.05. The van der Waals surface area contributed by atoms with Crippen LogP contribution in [0, 0.1) is 0 Å². The normalized spacial score (nSPS) is 20.2. The SMILES string of the molecule is CC1CC(=O)Nc2ccccc2N1C(=O)COC(=O)C1COc2ccccc2O1. The Morgan fingerprint density at radius 2 is 1.86 bits per heavy atom. The third kappa shape index (κ3) is 3.87. The largest absolute Gasteiger partial charge is 0.485 e. The molecule has 0 spiro atoms. The molecule has 2 aliphatic heterocycles. The molecule has 2 atom stereocenters. The van der Waals surface area contributed by atoms with Crippen LogP contribution in [0.4, 0.5) is 11.4 Å². The fourth-order valence-corrected chi connectivity index (χ4v) is 3.40. The fraction of sp³-hybridized carbons (Fsp3) is 0.286. The number of carbonyl (C=O) groups is 3. The van der Waals surface area contributed by atoms with E-state index in [0.29, 0.717) is 22.9 Å². The number of hydrogen-bond donors (Lipinski definition) is 1. The highest BCUT2D eigenvalue weighted by Crippen LogP contribution is 2.32. The Morgan fingerprint density at radius 3 is 2.69 bits per heavy atom. The summed E-state index contributed by atoms with van der Waals surface area (Å²) in [7, 11) is 0. The standard InChI is InChI=1S/C21H20N2O6/c1-13-10-19(24)22-14-6-2-3-7-15(14)23(13)20(25)12-28-21(26)18-11-27-16-8-4-5-9-17(16)29-18/h2-9,13,18H,10-12H2,1H3,(H,22,24). The minimum Gasteiger partial charge on any atom is -0.485 e. The van der Waals surface area contributed by atoms with Crippen LogP contribution in [-0.2, 0) is 19.1 Å². The summed E-state index contributed by atoms with van der Waals surface area (Å²) >= 11 is 0. The maximum atomic E-state index is 12.9. The van der Waals surface area contributed by atoms with Gasteiger partial charge in [0.1, 0.15) is 6.61 Å². The van der Waals surface area contributed by atoms with Gasteiger partial charge in [-0.2, -0.15) is 0 Å². The van der Waals surface area contributed by atoms with Crippen molar-refractivity contribution in [3.05, 3.63) is 48.5 Å². The van der Waals surface area contributed by atoms with Gasteiger partial charge in [-0.3, -0.25) is 9.59 Å². The summed E-state index contributed by atoms with van der Waals surface area (Å²) in [5.41, 5.74) is 1.11. The molecule has 0 bridgehead atoms. The number of anilines is 2. The van der Waals surface area contributed by atoms with Crippen molar-refractivity contribution in [1.29, 1.82) is 0 Å². The Balaban J connectivity index is 1.43. The molecule has 0 fully saturated rings. The Morgan fingerprint density at radius 1 is 1.14 bits per heavy atom. The fourth-order valence-electron chi connectivity index (χ4n) is 3.40. The van der Waals surface area contributed by atoms with Gasteiger partial charge in [0.2, 0.25) is 12.0 Å². The van der Waals surface area contributed by atoms with Crippen LogP contribution < -0.4 is 19.7 Å². The molecule has 1 N–H and O–H groups in total. The molecule has 8 heteroatoms. The molecule has 2 aromatic rings. The minimum absolute atomic E-state index is 0.00537. The van der Waals surface area contributed by atoms with Crippen molar-refractivity contribution in [3.8, 4) is 11.5 Å². The Bertz CT molecular complexity index is 960. The van der Waals surface area contributed by atoms with Crippen molar-refractivity contribution in [1.82, 2.24) is 0 Å². The molecule has 0 aliphatic carbocycles. The predicted molar refractivity (Wildman–Crippen MR) is 104 cm³/mol. The summed E-state index contributed by atoms with van der Waals surface area (Å²) in [5, 5.41) is 2.79. The number of rotatable bonds is 3. The number of esters is 1. The number of para-hydroxylation sites is 4. The quantitative estimate of drug-likeness (QED) is 0.799. The molecule has 4 rings (SSSR count). The highest BCUT2D eigenvalue weighted by Gasteiger charge is 2.32. The van der Waals surface area contributed by atoms with Gasteiger partial charge in [0.05, 0.1) is 11.4 Å². The highest BCUT2D eigenvalue weighted by atomic mass is 16.6. The molecule has 0 saturated carbocycles. The van der Waals surface area contributed by atoms with Crippen LogP contribution in [-0.4, -0.2) is 43.1 Å². The van der Waals surface area contributed by atoms with E-state index in [0.717, 1.165) is 0 Å². The number of carbonyl (C=O) groups excluding carboxylic acids is 3. The minimum atomic E-state index is -0.949. The van der Waals surface area contributed by atoms with Gasteiger partial charge < -0.3 is 24.4 Å². The van der Waals surface area contributed by atoms with Gasteiger partial charge in [-0.15, -0.1) is 0 Å². The first-order chi connectivity index (χ1) is 14.0. The summed E-state index contributed by atoms with van der Waals surface area (Å²) in [5.74, 6) is -0.278. The van der Waals surface area contributed by atoms with Gasteiger partial charge in [0.25, 0.3) is 5.91 Å². The number of nitrogens with zero attached hydrogens (tertiary/aromatic N) is 1. The van der Waals surface area contributed by atoms with Crippen molar-refractivity contribution in [2.75, 3.05) is 23.4 Å². The van der Waals surface area contributed by atoms with Gasteiger partial charge in [0.15, 0.2) is 18.1 Å². The molecule has 150 valence electrons. The van der Waals surface area contributed by atoms with Crippen molar-refractivity contribution in [3.63, 3.8) is 0 Å². The van der Waals surface area contributed by atoms with Crippen molar-refractivity contribution >= 4 is 29.2 Å². The van der Waals surface area contributed by atoms with E-state index in [-0.39, 0.29) is 25.0 Å². The number of nitrogens with one attached hydrogen (secondary N) is 1. The monoisotopic (exact) mass is 396 g/mol. The lowest BCUT2D eigenvalue weighted by atomic mass is 10.1. The second-order valence-electron chi connectivity index (χ2n) is 6.85. The molecular weight excluding hydrogens is 376 g/mol. The maximum absolute atomic E-state index is 12.9. The number of hydrogen-bond acceptors (Lipinski definition) is 6. The van der Waals surface area contributed by atoms with Crippen LogP contribution in [0.5, 0.6) is 11.5 Å². The molecule has 2 aromatic carbocycles. The second kappa shape index (κ2) is 7.83. The number of ether oxygens (including phenoxy) is 3. The van der Waals surface area contributed by atoms with E-state index in [9.17, 15) is 14.4 Å². The van der Waals surface area contributed by atoms with E-state index in [1.165, 1.54) is 4.90 Å². The van der Waals surface area contributed by atoms with Crippen LogP contribution in [0.3, 0.4) is 0 Å². The maximum Gasteiger partial charge on any atom is 0.351 e. The summed E-state index contributed by atoms with van der Waals surface area (Å²) in [6.07, 6.45) is -0.806. The zero-order valence-electron chi connectivity index (χ0n) is 15.8. The zero-order chi connectivity index (χ0) is 20.4. The molecule has 2 amide bonds. The lowest BCUT2D eigenvalue weighted by molar-refractivity contribution is -0.157. The van der Waals surface area contributed by atoms with Crippen LogP contribution in [0.1, 0.15) is 13.3 Å². The van der Waals surface area contributed by atoms with Crippen molar-refractivity contribution < 1.29 is 28.6 Å². The average molecular weight is 396 g/mol. The van der Waals surface area contributed by atoms with Gasteiger partial charge in [0, 0.05) is 12.5 Å². The topological polar surface area (TPSA) is 94.2 Å². The van der Waals surface area contributed by atoms with Crippen molar-refractivity contribution in [2.45, 2.75) is 25.5 Å². The molecule has 29 heavy (non-hydrogen) atoms. The van der Waals surface area contributed by atoms with E-state index in [2.05, 4.69) is 5.32 Å². The smallest absolute Gasteiger partial charge is 0.351 e. The molecule has 0 aromatic heterocycles. The predicted octanol–water partition coefficient (Wildman–Crippen LogP) is 2.13. The molecular formula is C21H20N2O6. The molecule has 0 saturated heterocycles. The average Bonchev–Trinajstić information content (AvgIpc) is 2.85. The van der Waals surface area contributed by atoms with E-state index < -0.39 is 24.6 Å². The second-order valence-corrected chi connectivity index (χ2v) is 6.85. The zero-order valence-corrected chi connectivity index (χ0v) is 15.8. The molecule has 2 aliphatic rings. The summed E-state index contributed by atoms with van der Waals surface area (Å²) in [6, 6.07) is 13.6. The molecule has 2 heterocycles. The van der Waals surface area contributed by atoms with Crippen LogP contribution in [0.15, 0.2) is 48.5 Å². The lowest BCUT2D eigenvalue weighted by Crippen LogP contribution is -2.43. The van der Waals surface area contributed by atoms with E-state index in [1.807, 2.05) is 0 Å². The lowest BCUT2D eigenvalue weighted by Gasteiger charge is -2.28. The molecule has 2 unspecified atom stereocenters. The first kappa shape index (κ1) is 18.8. The number of amides is 2. The van der Waals surface area contributed by atoms with Crippen molar-refractivity contribution in [2.24, 2.45) is 0 Å². The van der Waals surface area contributed by atoms with Gasteiger partial charge in [-0.25, -0.2) is 4.79 Å². The summed E-state index contributed by atoms with van der Waals surface area (Å²) < 4.78 is 16.3. The molecule has 0 radical (unpaired) electrons. The number of fused-ring (bicyclic) bond motifs is 2. The van der Waals surface area contributed by atoms with Crippen LogP contribution in [0.2, 0.25) is 0 Å². The third-order valence-corrected chi connectivity index (χ3v) is 4.74. The van der Waals surface area contributed by atoms with Gasteiger partial charge in [-0.1, -0.05) is 24.3 Å². The summed E-state index contributed by atoms with van der Waals surface area (Å²) in [6.45, 7) is 1.31. The van der Waals surface area contributed by atoms with Crippen LogP contribution in [0.25, 0.3) is 0 Å². The molecule has 8 nitrogen and oxygen atoms in total. The Hall–Kier alpha value is -3.55. The van der Waals surface area contributed by atoms with Crippen LogP contribution >= 0.6 is 0 Å². The Labute approximate surface area is 167 Å².